The Bertz CT molecular complexity index is 927. The molecule has 0 spiro atoms. The normalized spacial score (nSPS) is 16.6. The number of ether oxygens (including phenoxy) is 2. The molecule has 1 aliphatic heterocycles. The predicted octanol–water partition coefficient (Wildman–Crippen LogP) is 3.04. The van der Waals surface area contributed by atoms with Gasteiger partial charge in [-0.1, -0.05) is 23.7 Å². The first-order valence-corrected chi connectivity index (χ1v) is 11.1. The maximum atomic E-state index is 12.2. The predicted molar refractivity (Wildman–Crippen MR) is 120 cm³/mol. The highest BCUT2D eigenvalue weighted by atomic mass is 35.5. The zero-order valence-corrected chi connectivity index (χ0v) is 18.9. The molecule has 0 unspecified atom stereocenters. The first-order valence-electron chi connectivity index (χ1n) is 10.7. The molecule has 2 aliphatic rings. The number of aromatic nitrogens is 2. The number of rotatable bonds is 8. The van der Waals surface area contributed by atoms with Crippen LogP contribution in [0.4, 0.5) is 5.82 Å². The summed E-state index contributed by atoms with van der Waals surface area (Å²) in [5.74, 6) is 2.35. The zero-order valence-electron chi connectivity index (χ0n) is 18.1. The second-order valence-corrected chi connectivity index (χ2v) is 8.58. The fourth-order valence-corrected chi connectivity index (χ4v) is 4.21. The zero-order chi connectivity index (χ0) is 21.8. The van der Waals surface area contributed by atoms with Gasteiger partial charge in [-0.05, 0) is 30.5 Å². The molecule has 8 heteroatoms. The van der Waals surface area contributed by atoms with E-state index in [9.17, 15) is 4.79 Å². The number of amides is 1. The quantitative estimate of drug-likeness (QED) is 0.623. The molecule has 1 aromatic carbocycles. The van der Waals surface area contributed by atoms with E-state index in [1.807, 2.05) is 23.1 Å². The number of piperazine rings is 1. The molecule has 2 fully saturated rings. The average Bonchev–Trinajstić information content (AvgIpc) is 3.61. The van der Waals surface area contributed by atoms with Crippen molar-refractivity contribution in [3.8, 4) is 0 Å². The van der Waals surface area contributed by atoms with Crippen LogP contribution < -0.4 is 4.90 Å². The molecular weight excluding hydrogens is 416 g/mol. The Kier molecular flexibility index (Phi) is 7.05. The molecule has 7 nitrogen and oxygen atoms in total. The molecular formula is C23H29ClN4O3. The lowest BCUT2D eigenvalue weighted by molar-refractivity contribution is -0.135. The van der Waals surface area contributed by atoms with E-state index in [0.717, 1.165) is 54.4 Å². The van der Waals surface area contributed by atoms with E-state index < -0.39 is 0 Å². The van der Waals surface area contributed by atoms with Crippen molar-refractivity contribution in [2.75, 3.05) is 51.9 Å². The first kappa shape index (κ1) is 22.0. The van der Waals surface area contributed by atoms with Gasteiger partial charge in [0.2, 0.25) is 5.91 Å². The standard InChI is InChI=1S/C23H29ClN4O3/c1-30-14-20-19(13-16-4-3-5-18(24)12-16)23(26-22(25-20)17-6-7-17)28-10-8-27(9-11-28)21(29)15-31-2/h3-5,12,17H,6-11,13-15H2,1-2H3. The lowest BCUT2D eigenvalue weighted by Gasteiger charge is -2.36. The number of hydrogen-bond donors (Lipinski definition) is 0. The lowest BCUT2D eigenvalue weighted by Crippen LogP contribution is -2.50. The SMILES string of the molecule is COCC(=O)N1CCN(c2nc(C3CC3)nc(COC)c2Cc2cccc(Cl)c2)CC1. The third-order valence-electron chi connectivity index (χ3n) is 5.78. The van der Waals surface area contributed by atoms with Crippen LogP contribution in [0.2, 0.25) is 5.02 Å². The van der Waals surface area contributed by atoms with Crippen molar-refractivity contribution in [3.63, 3.8) is 0 Å². The van der Waals surface area contributed by atoms with Crippen LogP contribution in [0.25, 0.3) is 0 Å². The van der Waals surface area contributed by atoms with Gasteiger partial charge in [0.25, 0.3) is 0 Å². The number of halogens is 1. The van der Waals surface area contributed by atoms with Crippen LogP contribution in [0, 0.1) is 0 Å². The number of methoxy groups -OCH3 is 2. The van der Waals surface area contributed by atoms with Crippen LogP contribution in [0.5, 0.6) is 0 Å². The molecule has 1 saturated carbocycles. The molecule has 1 saturated heterocycles. The van der Waals surface area contributed by atoms with E-state index >= 15 is 0 Å². The second-order valence-electron chi connectivity index (χ2n) is 8.15. The number of anilines is 1. The molecule has 0 radical (unpaired) electrons. The number of nitrogens with zero attached hydrogens (tertiary/aromatic N) is 4. The van der Waals surface area contributed by atoms with Crippen LogP contribution in [0.1, 0.15) is 41.4 Å². The van der Waals surface area contributed by atoms with Gasteiger partial charge in [-0.15, -0.1) is 0 Å². The number of carbonyl (C=O) groups excluding carboxylic acids is 1. The van der Waals surface area contributed by atoms with Gasteiger partial charge >= 0.3 is 0 Å². The Morgan fingerprint density at radius 1 is 1.13 bits per heavy atom. The second kappa shape index (κ2) is 9.94. The molecule has 0 bridgehead atoms. The molecule has 2 heterocycles. The van der Waals surface area contributed by atoms with E-state index in [1.165, 1.54) is 0 Å². The molecule has 0 atom stereocenters. The summed E-state index contributed by atoms with van der Waals surface area (Å²) >= 11 is 6.23. The van der Waals surface area contributed by atoms with Crippen molar-refractivity contribution in [3.05, 3.63) is 51.9 Å². The minimum absolute atomic E-state index is 0.0303. The van der Waals surface area contributed by atoms with Crippen LogP contribution in [0.3, 0.4) is 0 Å². The maximum absolute atomic E-state index is 12.2. The smallest absolute Gasteiger partial charge is 0.248 e. The highest BCUT2D eigenvalue weighted by molar-refractivity contribution is 6.30. The highest BCUT2D eigenvalue weighted by Gasteiger charge is 2.31. The molecule has 1 aliphatic carbocycles. The Labute approximate surface area is 188 Å². The summed E-state index contributed by atoms with van der Waals surface area (Å²) < 4.78 is 10.5. The Balaban J connectivity index is 1.65. The molecule has 166 valence electrons. The van der Waals surface area contributed by atoms with Gasteiger partial charge in [0.15, 0.2) is 0 Å². The Morgan fingerprint density at radius 3 is 2.55 bits per heavy atom. The molecule has 4 rings (SSSR count). The van der Waals surface area contributed by atoms with E-state index in [2.05, 4.69) is 11.0 Å². The number of benzene rings is 1. The van der Waals surface area contributed by atoms with Crippen molar-refractivity contribution < 1.29 is 14.3 Å². The van der Waals surface area contributed by atoms with Crippen LogP contribution in [-0.4, -0.2) is 67.8 Å². The van der Waals surface area contributed by atoms with Crippen LogP contribution in [0.15, 0.2) is 24.3 Å². The third kappa shape index (κ3) is 5.34. The fraction of sp³-hybridized carbons (Fsp3) is 0.522. The summed E-state index contributed by atoms with van der Waals surface area (Å²) in [5, 5.41) is 0.716. The molecule has 2 aromatic rings. The molecule has 31 heavy (non-hydrogen) atoms. The summed E-state index contributed by atoms with van der Waals surface area (Å²) in [4.78, 5) is 26.3. The summed E-state index contributed by atoms with van der Waals surface area (Å²) in [5.41, 5.74) is 3.13. The maximum Gasteiger partial charge on any atom is 0.248 e. The monoisotopic (exact) mass is 444 g/mol. The van der Waals surface area contributed by atoms with E-state index in [1.54, 1.807) is 14.2 Å². The molecule has 0 N–H and O–H groups in total. The lowest BCUT2D eigenvalue weighted by atomic mass is 10.0. The van der Waals surface area contributed by atoms with Crippen molar-refractivity contribution in [2.24, 2.45) is 0 Å². The first-order chi connectivity index (χ1) is 15.1. The van der Waals surface area contributed by atoms with Gasteiger partial charge in [0, 0.05) is 63.3 Å². The van der Waals surface area contributed by atoms with Gasteiger partial charge in [-0.25, -0.2) is 9.97 Å². The van der Waals surface area contributed by atoms with Crippen LogP contribution in [-0.2, 0) is 27.3 Å². The summed E-state index contributed by atoms with van der Waals surface area (Å²) in [6.45, 7) is 3.33. The summed E-state index contributed by atoms with van der Waals surface area (Å²) in [6, 6.07) is 7.90. The van der Waals surface area contributed by atoms with E-state index in [4.69, 9.17) is 31.0 Å². The third-order valence-corrected chi connectivity index (χ3v) is 6.02. The van der Waals surface area contributed by atoms with Gasteiger partial charge in [0.05, 0.1) is 12.3 Å². The van der Waals surface area contributed by atoms with Crippen molar-refractivity contribution in [1.82, 2.24) is 14.9 Å². The fourth-order valence-electron chi connectivity index (χ4n) is 3.99. The van der Waals surface area contributed by atoms with Crippen molar-refractivity contribution >= 4 is 23.3 Å². The molecule has 1 amide bonds. The number of carbonyl (C=O) groups is 1. The largest absolute Gasteiger partial charge is 0.378 e. The van der Waals surface area contributed by atoms with Crippen molar-refractivity contribution in [2.45, 2.75) is 31.8 Å². The Hall–Kier alpha value is -2.22. The minimum Gasteiger partial charge on any atom is -0.378 e. The van der Waals surface area contributed by atoms with Gasteiger partial charge < -0.3 is 19.3 Å². The summed E-state index contributed by atoms with van der Waals surface area (Å²) in [6.07, 6.45) is 2.96. The number of hydrogen-bond acceptors (Lipinski definition) is 6. The average molecular weight is 445 g/mol. The van der Waals surface area contributed by atoms with Crippen molar-refractivity contribution in [1.29, 1.82) is 0 Å². The van der Waals surface area contributed by atoms with Gasteiger partial charge in [-0.3, -0.25) is 4.79 Å². The van der Waals surface area contributed by atoms with Gasteiger partial charge in [0.1, 0.15) is 18.2 Å². The highest BCUT2D eigenvalue weighted by Crippen LogP contribution is 2.40. The van der Waals surface area contributed by atoms with Crippen LogP contribution >= 0.6 is 11.6 Å². The minimum atomic E-state index is 0.0303. The van der Waals surface area contributed by atoms with E-state index in [0.29, 0.717) is 37.1 Å². The topological polar surface area (TPSA) is 67.8 Å². The van der Waals surface area contributed by atoms with Gasteiger partial charge in [-0.2, -0.15) is 0 Å². The summed E-state index contributed by atoms with van der Waals surface area (Å²) in [7, 11) is 3.25. The van der Waals surface area contributed by atoms with E-state index in [-0.39, 0.29) is 12.5 Å². The Morgan fingerprint density at radius 2 is 1.90 bits per heavy atom. The molecule has 1 aromatic heterocycles.